The van der Waals surface area contributed by atoms with E-state index in [4.69, 9.17) is 4.74 Å². The molecule has 0 spiro atoms. The molecule has 2 bridgehead atoms. The lowest BCUT2D eigenvalue weighted by atomic mass is 9.75. The highest BCUT2D eigenvalue weighted by atomic mass is 16.5. The normalized spacial score (nSPS) is 24.5. The smallest absolute Gasteiger partial charge is 0.310 e. The highest BCUT2D eigenvalue weighted by molar-refractivity contribution is 6.01. The molecule has 2 aromatic carbocycles. The van der Waals surface area contributed by atoms with Crippen LogP contribution in [0.5, 0.6) is 0 Å². The average Bonchev–Trinajstić information content (AvgIpc) is 3.37. The van der Waals surface area contributed by atoms with Gasteiger partial charge in [-0.2, -0.15) is 0 Å². The van der Waals surface area contributed by atoms with Crippen molar-refractivity contribution >= 4 is 23.3 Å². The highest BCUT2D eigenvalue weighted by Gasteiger charge is 2.54. The van der Waals surface area contributed by atoms with Gasteiger partial charge in [0.25, 0.3) is 5.91 Å². The van der Waals surface area contributed by atoms with Gasteiger partial charge in [-0.1, -0.05) is 42.5 Å². The van der Waals surface area contributed by atoms with Crippen LogP contribution in [0.4, 0.5) is 5.69 Å². The number of carbonyl (C=O) groups excluding carboxylic acids is 3. The summed E-state index contributed by atoms with van der Waals surface area (Å²) in [4.78, 5) is 38.4. The van der Waals surface area contributed by atoms with Crippen LogP contribution in [0, 0.1) is 37.5 Å². The maximum absolute atomic E-state index is 13.1. The fourth-order valence-electron chi connectivity index (χ4n) is 5.11. The Morgan fingerprint density at radius 3 is 2.37 bits per heavy atom. The van der Waals surface area contributed by atoms with Crippen LogP contribution in [-0.2, 0) is 14.3 Å². The van der Waals surface area contributed by atoms with Gasteiger partial charge in [0.1, 0.15) is 0 Å². The molecule has 0 saturated heterocycles. The second kappa shape index (κ2) is 8.42. The molecule has 2 aliphatic rings. The number of esters is 1. The van der Waals surface area contributed by atoms with Crippen molar-refractivity contribution in [2.75, 3.05) is 11.9 Å². The van der Waals surface area contributed by atoms with E-state index >= 15 is 0 Å². The van der Waals surface area contributed by atoms with Gasteiger partial charge in [-0.05, 0) is 62.1 Å². The zero-order valence-corrected chi connectivity index (χ0v) is 17.4. The molecule has 0 radical (unpaired) electrons. The van der Waals surface area contributed by atoms with Crippen molar-refractivity contribution in [3.05, 3.63) is 65.2 Å². The number of carbonyl (C=O) groups is 3. The molecule has 4 rings (SSSR count). The second-order valence-corrected chi connectivity index (χ2v) is 8.52. The lowest BCUT2D eigenvalue weighted by Gasteiger charge is -2.28. The number of rotatable bonds is 6. The van der Waals surface area contributed by atoms with Gasteiger partial charge in [0, 0.05) is 17.2 Å². The number of amides is 1. The number of Topliss-reactive ketones (excluding diaryl/α,β-unsaturated/α-hetero) is 1. The van der Waals surface area contributed by atoms with E-state index in [0.717, 1.165) is 30.4 Å². The molecule has 30 heavy (non-hydrogen) atoms. The zero-order valence-electron chi connectivity index (χ0n) is 17.4. The van der Waals surface area contributed by atoms with Crippen LogP contribution in [0.2, 0.25) is 0 Å². The Labute approximate surface area is 176 Å². The number of benzene rings is 2. The van der Waals surface area contributed by atoms with Crippen molar-refractivity contribution in [2.24, 2.45) is 23.7 Å². The maximum Gasteiger partial charge on any atom is 0.310 e. The minimum atomic E-state index is -0.454. The molecule has 1 N–H and O–H groups in total. The Kier molecular flexibility index (Phi) is 5.71. The van der Waals surface area contributed by atoms with E-state index in [9.17, 15) is 14.4 Å². The number of hydrogen-bond donors (Lipinski definition) is 1. The Balaban J connectivity index is 1.41. The fraction of sp³-hybridized carbons (Fsp3) is 0.400. The van der Waals surface area contributed by atoms with Gasteiger partial charge in [-0.25, -0.2) is 0 Å². The molecule has 0 heterocycles. The summed E-state index contributed by atoms with van der Waals surface area (Å²) >= 11 is 0. The lowest BCUT2D eigenvalue weighted by molar-refractivity contribution is -0.154. The number of ether oxygens (including phenoxy) is 1. The molecule has 156 valence electrons. The van der Waals surface area contributed by atoms with Gasteiger partial charge in [0.15, 0.2) is 12.4 Å². The van der Waals surface area contributed by atoms with Crippen LogP contribution >= 0.6 is 0 Å². The Morgan fingerprint density at radius 1 is 0.933 bits per heavy atom. The number of fused-ring (bicyclic) bond motifs is 2. The van der Waals surface area contributed by atoms with E-state index < -0.39 is 11.9 Å². The van der Waals surface area contributed by atoms with Crippen molar-refractivity contribution in [3.8, 4) is 0 Å². The van der Waals surface area contributed by atoms with Gasteiger partial charge in [0.2, 0.25) is 0 Å². The zero-order chi connectivity index (χ0) is 21.3. The van der Waals surface area contributed by atoms with Crippen LogP contribution in [0.1, 0.15) is 40.7 Å². The number of hydrogen-bond acceptors (Lipinski definition) is 4. The molecular formula is C25H27NO4. The van der Waals surface area contributed by atoms with Crippen LogP contribution in [-0.4, -0.2) is 24.3 Å². The Hall–Kier alpha value is -2.95. The quantitative estimate of drug-likeness (QED) is 0.573. The lowest BCUT2D eigenvalue weighted by Crippen LogP contribution is -2.37. The predicted octanol–water partition coefficient (Wildman–Crippen LogP) is 4.33. The molecule has 2 aliphatic carbocycles. The molecule has 1 amide bonds. The maximum atomic E-state index is 13.1. The molecule has 0 unspecified atom stereocenters. The van der Waals surface area contributed by atoms with Crippen LogP contribution in [0.25, 0.3) is 0 Å². The summed E-state index contributed by atoms with van der Waals surface area (Å²) in [5.41, 5.74) is 3.42. The van der Waals surface area contributed by atoms with Crippen LogP contribution < -0.4 is 5.32 Å². The standard InChI is InChI=1S/C25H27NO4/c1-15-7-6-10-20(16(15)2)26-21(27)14-30-25(29)23-19-12-11-18(13-19)22(23)24(28)17-8-4-3-5-9-17/h3-10,18-19,22-23H,11-14H2,1-2H3,(H,26,27)/t18-,19-,22+,23-/m0/s1. The molecule has 4 atom stereocenters. The van der Waals surface area contributed by atoms with Gasteiger partial charge < -0.3 is 10.1 Å². The van der Waals surface area contributed by atoms with Crippen molar-refractivity contribution in [1.82, 2.24) is 0 Å². The van der Waals surface area contributed by atoms with E-state index in [-0.39, 0.29) is 36.1 Å². The number of anilines is 1. The van der Waals surface area contributed by atoms with E-state index in [1.54, 1.807) is 12.1 Å². The molecule has 0 aliphatic heterocycles. The molecular weight excluding hydrogens is 378 g/mol. The molecule has 5 nitrogen and oxygen atoms in total. The third-order valence-corrected chi connectivity index (χ3v) is 6.77. The van der Waals surface area contributed by atoms with E-state index in [1.165, 1.54) is 0 Å². The third-order valence-electron chi connectivity index (χ3n) is 6.77. The van der Waals surface area contributed by atoms with Crippen LogP contribution in [0.3, 0.4) is 0 Å². The Bertz CT molecular complexity index is 968. The van der Waals surface area contributed by atoms with Gasteiger partial charge in [0.05, 0.1) is 5.92 Å². The van der Waals surface area contributed by atoms with Crippen LogP contribution in [0.15, 0.2) is 48.5 Å². The second-order valence-electron chi connectivity index (χ2n) is 8.52. The number of aryl methyl sites for hydroxylation is 1. The van der Waals surface area contributed by atoms with Gasteiger partial charge in [-0.3, -0.25) is 14.4 Å². The third kappa shape index (κ3) is 3.89. The fourth-order valence-corrected chi connectivity index (χ4v) is 5.11. The largest absolute Gasteiger partial charge is 0.455 e. The van der Waals surface area contributed by atoms with Crippen molar-refractivity contribution in [2.45, 2.75) is 33.1 Å². The summed E-state index contributed by atoms with van der Waals surface area (Å²) < 4.78 is 5.40. The van der Waals surface area contributed by atoms with Gasteiger partial charge in [-0.15, -0.1) is 0 Å². The summed E-state index contributed by atoms with van der Waals surface area (Å²) in [6.45, 7) is 3.57. The molecule has 2 saturated carbocycles. The first-order valence-corrected chi connectivity index (χ1v) is 10.6. The molecule has 0 aromatic heterocycles. The SMILES string of the molecule is Cc1cccc(NC(=O)COC(=O)[C@H]2[C@H]3CC[C@@H](C3)[C@H]2C(=O)c2ccccc2)c1C. The Morgan fingerprint density at radius 2 is 1.63 bits per heavy atom. The summed E-state index contributed by atoms with van der Waals surface area (Å²) in [6.07, 6.45) is 2.81. The summed E-state index contributed by atoms with van der Waals surface area (Å²) in [5.74, 6) is -1.18. The van der Waals surface area contributed by atoms with Crippen molar-refractivity contribution in [1.29, 1.82) is 0 Å². The van der Waals surface area contributed by atoms with E-state index in [0.29, 0.717) is 11.3 Å². The van der Waals surface area contributed by atoms with E-state index in [2.05, 4.69) is 5.32 Å². The topological polar surface area (TPSA) is 72.5 Å². The highest BCUT2D eigenvalue weighted by Crippen LogP contribution is 2.53. The minimum Gasteiger partial charge on any atom is -0.455 e. The minimum absolute atomic E-state index is 0.0181. The first-order chi connectivity index (χ1) is 14.5. The molecule has 5 heteroatoms. The van der Waals surface area contributed by atoms with Gasteiger partial charge >= 0.3 is 5.97 Å². The monoisotopic (exact) mass is 405 g/mol. The number of ketones is 1. The average molecular weight is 405 g/mol. The van der Waals surface area contributed by atoms with Crippen molar-refractivity contribution < 1.29 is 19.1 Å². The first kappa shape index (κ1) is 20.3. The summed E-state index contributed by atoms with van der Waals surface area (Å²) in [7, 11) is 0. The molecule has 2 fully saturated rings. The predicted molar refractivity (Wildman–Crippen MR) is 114 cm³/mol. The van der Waals surface area contributed by atoms with E-state index in [1.807, 2.05) is 50.2 Å². The summed E-state index contributed by atoms with van der Waals surface area (Å²) in [5, 5.41) is 2.81. The first-order valence-electron chi connectivity index (χ1n) is 10.6. The number of nitrogens with one attached hydrogen (secondary N) is 1. The molecule has 2 aromatic rings. The summed E-state index contributed by atoms with van der Waals surface area (Å²) in [6, 6.07) is 14.8. The van der Waals surface area contributed by atoms with Crippen molar-refractivity contribution in [3.63, 3.8) is 0 Å².